The third-order valence-electron chi connectivity index (χ3n) is 11.9. The summed E-state index contributed by atoms with van der Waals surface area (Å²) in [5, 5.41) is 14.7. The Morgan fingerprint density at radius 3 is 1.86 bits per heavy atom. The molecule has 4 nitrogen and oxygen atoms in total. The van der Waals surface area contributed by atoms with Gasteiger partial charge >= 0.3 is 0 Å². The van der Waals surface area contributed by atoms with E-state index in [9.17, 15) is 0 Å². The van der Waals surface area contributed by atoms with Crippen LogP contribution in [-0.2, 0) is 0 Å². The zero-order valence-corrected chi connectivity index (χ0v) is 34.4. The highest BCUT2D eigenvalue weighted by molar-refractivity contribution is 6.28. The standard InChI is InChI=1S/C59H40N4/c60-52(43-18-5-1-6-19-43)38-54(44-20-7-2-8-21-44)61-39-40-17-15-24-46(37-40)41-31-33-42(34-32-41)48-28-16-30-55-56(48)51-36-35-50-57(59(51)63(55)47-25-11-4-12-26-47)49-27-13-14-29-53(49)62-58(50)45-22-9-3-10-23-45/h1-39,60H/b54-38-,60-52?,61-39?. The lowest BCUT2D eigenvalue weighted by atomic mass is 9.94. The van der Waals surface area contributed by atoms with E-state index in [2.05, 4.69) is 168 Å². The van der Waals surface area contributed by atoms with Crippen LogP contribution in [0.1, 0.15) is 16.7 Å². The molecule has 0 saturated heterocycles. The van der Waals surface area contributed by atoms with Crippen LogP contribution in [0, 0.1) is 5.41 Å². The number of aliphatic imine (C=N–C) groups is 1. The maximum Gasteiger partial charge on any atom is 0.0788 e. The van der Waals surface area contributed by atoms with Crippen molar-refractivity contribution >= 4 is 61.1 Å². The summed E-state index contributed by atoms with van der Waals surface area (Å²) in [6, 6.07) is 78.3. The van der Waals surface area contributed by atoms with Gasteiger partial charge in [0.25, 0.3) is 0 Å². The minimum absolute atomic E-state index is 0.414. The van der Waals surface area contributed by atoms with Crippen LogP contribution in [0.2, 0.25) is 0 Å². The van der Waals surface area contributed by atoms with E-state index in [0.29, 0.717) is 5.71 Å². The highest BCUT2D eigenvalue weighted by Gasteiger charge is 2.21. The molecular weight excluding hydrogens is 765 g/mol. The molecule has 63 heavy (non-hydrogen) atoms. The Balaban J connectivity index is 1.02. The molecule has 0 radical (unpaired) electrons. The lowest BCUT2D eigenvalue weighted by Gasteiger charge is -2.14. The second-order valence-electron chi connectivity index (χ2n) is 15.7. The molecule has 296 valence electrons. The van der Waals surface area contributed by atoms with E-state index < -0.39 is 0 Å². The monoisotopic (exact) mass is 804 g/mol. The molecule has 0 saturated carbocycles. The van der Waals surface area contributed by atoms with Crippen LogP contribution in [0.15, 0.2) is 236 Å². The van der Waals surface area contributed by atoms with E-state index in [1.54, 1.807) is 0 Å². The number of benzene rings is 9. The summed E-state index contributed by atoms with van der Waals surface area (Å²) in [6.45, 7) is 0. The van der Waals surface area contributed by atoms with Gasteiger partial charge in [0.05, 0.1) is 33.7 Å². The summed E-state index contributed by atoms with van der Waals surface area (Å²) < 4.78 is 2.45. The Bertz CT molecular complexity index is 3530. The largest absolute Gasteiger partial charge is 0.309 e. The third-order valence-corrected chi connectivity index (χ3v) is 11.9. The number of rotatable bonds is 9. The van der Waals surface area contributed by atoms with E-state index in [1.165, 1.54) is 27.2 Å². The number of nitrogens with zero attached hydrogens (tertiary/aromatic N) is 3. The minimum atomic E-state index is 0.414. The van der Waals surface area contributed by atoms with Crippen LogP contribution < -0.4 is 0 Å². The first-order valence-electron chi connectivity index (χ1n) is 21.2. The maximum atomic E-state index is 8.79. The zero-order chi connectivity index (χ0) is 42.1. The fourth-order valence-electron chi connectivity index (χ4n) is 8.92. The Morgan fingerprint density at radius 1 is 0.476 bits per heavy atom. The Hall–Kier alpha value is -8.47. The second kappa shape index (κ2) is 16.2. The van der Waals surface area contributed by atoms with Crippen molar-refractivity contribution < 1.29 is 0 Å². The van der Waals surface area contributed by atoms with Crippen LogP contribution in [0.4, 0.5) is 0 Å². The summed E-state index contributed by atoms with van der Waals surface area (Å²) in [4.78, 5) is 10.2. The lowest BCUT2D eigenvalue weighted by Crippen LogP contribution is -1.96. The fourth-order valence-corrected chi connectivity index (χ4v) is 8.92. The number of aromatic nitrogens is 2. The van der Waals surface area contributed by atoms with Crippen molar-refractivity contribution in [1.82, 2.24) is 9.55 Å². The molecule has 0 aliphatic rings. The normalized spacial score (nSPS) is 11.9. The van der Waals surface area contributed by atoms with Gasteiger partial charge in [0, 0.05) is 50.0 Å². The maximum absolute atomic E-state index is 8.79. The Morgan fingerprint density at radius 2 is 1.10 bits per heavy atom. The molecule has 0 amide bonds. The Labute approximate surface area is 365 Å². The van der Waals surface area contributed by atoms with Crippen LogP contribution in [0.5, 0.6) is 0 Å². The first-order valence-corrected chi connectivity index (χ1v) is 21.2. The number of hydrogen-bond acceptors (Lipinski definition) is 3. The van der Waals surface area contributed by atoms with Crippen LogP contribution >= 0.6 is 0 Å². The molecule has 0 atom stereocenters. The van der Waals surface area contributed by atoms with Gasteiger partial charge in [-0.15, -0.1) is 0 Å². The van der Waals surface area contributed by atoms with E-state index in [0.717, 1.165) is 77.8 Å². The molecule has 0 fully saturated rings. The molecule has 0 aliphatic heterocycles. The first-order chi connectivity index (χ1) is 31.2. The minimum Gasteiger partial charge on any atom is -0.309 e. The van der Waals surface area contributed by atoms with Crippen molar-refractivity contribution in [1.29, 1.82) is 5.41 Å². The quantitative estimate of drug-likeness (QED) is 0.115. The third kappa shape index (κ3) is 7.00. The van der Waals surface area contributed by atoms with Crippen LogP contribution in [-0.4, -0.2) is 21.5 Å². The van der Waals surface area contributed by atoms with E-state index >= 15 is 0 Å². The summed E-state index contributed by atoms with van der Waals surface area (Å²) in [7, 11) is 0. The average Bonchev–Trinajstić information content (AvgIpc) is 3.71. The van der Waals surface area contributed by atoms with Crippen molar-refractivity contribution in [2.24, 2.45) is 4.99 Å². The highest BCUT2D eigenvalue weighted by atomic mass is 15.0. The van der Waals surface area contributed by atoms with Gasteiger partial charge in [0.2, 0.25) is 0 Å². The van der Waals surface area contributed by atoms with Gasteiger partial charge in [-0.05, 0) is 69.8 Å². The SMILES string of the molecule is N=C(/C=C(\N=Cc1cccc(-c2ccc(-c3cccc4c3c3ccc5c(-c6ccccc6)nc6ccccc6c5c3n4-c3ccccc3)cc2)c1)c1ccccc1)c1ccccc1. The highest BCUT2D eigenvalue weighted by Crippen LogP contribution is 2.44. The number of hydrogen-bond donors (Lipinski definition) is 1. The number of para-hydroxylation sites is 2. The predicted molar refractivity (Wildman–Crippen MR) is 265 cm³/mol. The predicted octanol–water partition coefficient (Wildman–Crippen LogP) is 15.0. The molecule has 0 bridgehead atoms. The van der Waals surface area contributed by atoms with Crippen molar-refractivity contribution in [3.8, 4) is 39.2 Å². The van der Waals surface area contributed by atoms with E-state index in [1.807, 2.05) is 73.0 Å². The molecule has 0 unspecified atom stereocenters. The number of allylic oxidation sites excluding steroid dienone is 1. The van der Waals surface area contributed by atoms with Gasteiger partial charge in [-0.1, -0.05) is 194 Å². The molecule has 4 heteroatoms. The van der Waals surface area contributed by atoms with Gasteiger partial charge in [0.1, 0.15) is 0 Å². The van der Waals surface area contributed by atoms with Crippen molar-refractivity contribution in [3.63, 3.8) is 0 Å². The van der Waals surface area contributed by atoms with Gasteiger partial charge in [-0.3, -0.25) is 4.99 Å². The molecule has 11 rings (SSSR count). The summed E-state index contributed by atoms with van der Waals surface area (Å²) in [5.74, 6) is 0. The second-order valence-corrected chi connectivity index (χ2v) is 15.7. The van der Waals surface area contributed by atoms with Gasteiger partial charge < -0.3 is 9.98 Å². The molecule has 0 aliphatic carbocycles. The number of fused-ring (bicyclic) bond motifs is 7. The fraction of sp³-hybridized carbons (Fsp3) is 0. The number of pyridine rings is 1. The summed E-state index contributed by atoms with van der Waals surface area (Å²) >= 11 is 0. The molecule has 2 aromatic heterocycles. The lowest BCUT2D eigenvalue weighted by molar-refractivity contribution is 1.19. The summed E-state index contributed by atoms with van der Waals surface area (Å²) in [5.41, 5.74) is 15.0. The first kappa shape index (κ1) is 37.5. The van der Waals surface area contributed by atoms with Gasteiger partial charge in [0.15, 0.2) is 0 Å². The van der Waals surface area contributed by atoms with Crippen molar-refractivity contribution in [2.75, 3.05) is 0 Å². The van der Waals surface area contributed by atoms with Crippen LogP contribution in [0.25, 0.3) is 88.4 Å². The molecule has 9 aromatic carbocycles. The average molecular weight is 805 g/mol. The smallest absolute Gasteiger partial charge is 0.0788 e. The molecule has 11 aromatic rings. The molecule has 2 heterocycles. The van der Waals surface area contributed by atoms with Crippen LogP contribution in [0.3, 0.4) is 0 Å². The van der Waals surface area contributed by atoms with Crippen molar-refractivity contribution in [3.05, 3.63) is 247 Å². The topological polar surface area (TPSA) is 54.0 Å². The van der Waals surface area contributed by atoms with E-state index in [-0.39, 0.29) is 0 Å². The summed E-state index contributed by atoms with van der Waals surface area (Å²) in [6.07, 6.45) is 3.73. The molecular formula is C59H40N4. The van der Waals surface area contributed by atoms with Gasteiger partial charge in [-0.25, -0.2) is 4.98 Å². The zero-order valence-electron chi connectivity index (χ0n) is 34.4. The van der Waals surface area contributed by atoms with E-state index in [4.69, 9.17) is 15.4 Å². The van der Waals surface area contributed by atoms with Gasteiger partial charge in [-0.2, -0.15) is 0 Å². The van der Waals surface area contributed by atoms with Crippen molar-refractivity contribution in [2.45, 2.75) is 0 Å². The molecule has 1 N–H and O–H groups in total. The Kier molecular flexibility index (Phi) is 9.64. The molecule has 0 spiro atoms. The number of nitrogens with one attached hydrogen (secondary N) is 1.